The van der Waals surface area contributed by atoms with Crippen LogP contribution in [0.1, 0.15) is 58.3 Å². The molecule has 124 valence electrons. The van der Waals surface area contributed by atoms with Gasteiger partial charge in [-0.3, -0.25) is 0 Å². The number of nitrogens with two attached hydrogens (primary N) is 1. The quantitative estimate of drug-likeness (QED) is 0.586. The van der Waals surface area contributed by atoms with E-state index >= 15 is 0 Å². The Morgan fingerprint density at radius 3 is 2.17 bits per heavy atom. The van der Waals surface area contributed by atoms with Gasteiger partial charge in [0.05, 0.1) is 11.2 Å². The fraction of sp³-hybridized carbons (Fsp3) is 0.381. The molecule has 4 rings (SSSR count). The Bertz CT molecular complexity index is 790. The first-order valence-electron chi connectivity index (χ1n) is 8.61. The lowest BCUT2D eigenvalue weighted by molar-refractivity contribution is 0.713. The first-order valence-corrected chi connectivity index (χ1v) is 9.02. The predicted molar refractivity (Wildman–Crippen MR) is 104 cm³/mol. The summed E-state index contributed by atoms with van der Waals surface area (Å²) in [6.45, 7) is 4.32. The minimum atomic E-state index is 0.271. The van der Waals surface area contributed by atoms with Crippen LogP contribution < -0.4 is 5.73 Å². The highest BCUT2D eigenvalue weighted by atomic mass is 32.1. The zero-order valence-corrected chi connectivity index (χ0v) is 15.2. The maximum absolute atomic E-state index is 5.92. The van der Waals surface area contributed by atoms with Gasteiger partial charge < -0.3 is 5.73 Å². The lowest BCUT2D eigenvalue weighted by atomic mass is 10.0. The highest BCUT2D eigenvalue weighted by Crippen LogP contribution is 2.35. The number of nitrogens with zero attached hydrogens (tertiary/aromatic N) is 1. The molecule has 2 aromatic rings. The first kappa shape index (κ1) is 17.0. The summed E-state index contributed by atoms with van der Waals surface area (Å²) in [6.07, 6.45) is 4.51. The molecule has 0 spiro atoms. The average molecular weight is 337 g/mol. The first-order chi connectivity index (χ1) is 11.6. The van der Waals surface area contributed by atoms with Crippen LogP contribution in [-0.2, 0) is 12.8 Å². The van der Waals surface area contributed by atoms with E-state index in [0.717, 1.165) is 19.3 Å². The van der Waals surface area contributed by atoms with Crippen molar-refractivity contribution in [2.24, 2.45) is 10.7 Å². The molecule has 2 unspecified atom stereocenters. The van der Waals surface area contributed by atoms with Gasteiger partial charge in [-0.25, -0.2) is 4.99 Å². The van der Waals surface area contributed by atoms with Crippen molar-refractivity contribution in [2.45, 2.75) is 51.6 Å². The lowest BCUT2D eigenvalue weighted by Crippen LogP contribution is -2.04. The number of thiocarbonyl (C=S) groups is 1. The monoisotopic (exact) mass is 336 g/mol. The molecule has 24 heavy (non-hydrogen) atoms. The van der Waals surface area contributed by atoms with Crippen molar-refractivity contribution in [1.82, 2.24) is 0 Å². The number of aryl methyl sites for hydroxylation is 2. The van der Waals surface area contributed by atoms with E-state index in [1.807, 2.05) is 0 Å². The normalized spacial score (nSPS) is 20.5. The minimum absolute atomic E-state index is 0.271. The molecule has 0 fully saturated rings. The molecule has 3 heteroatoms. The Morgan fingerprint density at radius 1 is 0.958 bits per heavy atom. The van der Waals surface area contributed by atoms with Crippen molar-refractivity contribution in [3.8, 4) is 0 Å². The molecule has 0 radical (unpaired) electrons. The SMILES string of the molecule is Cc1cccc2c1CCC2N.Cc1cccc2c1CCC2N=C=S. The van der Waals surface area contributed by atoms with E-state index in [2.05, 4.69) is 72.6 Å². The van der Waals surface area contributed by atoms with Crippen LogP contribution in [0, 0.1) is 13.8 Å². The number of isothiocyanates is 1. The average Bonchev–Trinajstić information content (AvgIpc) is 3.15. The molecule has 2 atom stereocenters. The lowest BCUT2D eigenvalue weighted by Gasteiger charge is -2.05. The topological polar surface area (TPSA) is 38.4 Å². The number of aliphatic imine (C=N–C) groups is 1. The van der Waals surface area contributed by atoms with E-state index in [4.69, 9.17) is 5.73 Å². The molecule has 0 saturated carbocycles. The van der Waals surface area contributed by atoms with Crippen molar-refractivity contribution in [2.75, 3.05) is 0 Å². The largest absolute Gasteiger partial charge is 0.324 e. The van der Waals surface area contributed by atoms with Gasteiger partial charge in [0.2, 0.25) is 0 Å². The molecule has 2 nitrogen and oxygen atoms in total. The third-order valence-corrected chi connectivity index (χ3v) is 5.34. The maximum Gasteiger partial charge on any atom is 0.0858 e. The van der Waals surface area contributed by atoms with Crippen molar-refractivity contribution < 1.29 is 0 Å². The van der Waals surface area contributed by atoms with Gasteiger partial charge in [-0.05, 0) is 85.1 Å². The van der Waals surface area contributed by atoms with Crippen LogP contribution >= 0.6 is 12.2 Å². The summed E-state index contributed by atoms with van der Waals surface area (Å²) in [5.74, 6) is 0. The third kappa shape index (κ3) is 3.34. The Labute approximate surface area is 149 Å². The number of hydrogen-bond donors (Lipinski definition) is 1. The number of fused-ring (bicyclic) bond motifs is 2. The summed E-state index contributed by atoms with van der Waals surface area (Å²) >= 11 is 4.63. The van der Waals surface area contributed by atoms with Crippen LogP contribution in [0.25, 0.3) is 0 Å². The van der Waals surface area contributed by atoms with E-state index in [0.29, 0.717) is 6.04 Å². The van der Waals surface area contributed by atoms with Gasteiger partial charge in [-0.15, -0.1) is 0 Å². The molecule has 2 aliphatic carbocycles. The summed E-state index contributed by atoms with van der Waals surface area (Å²) in [5.41, 5.74) is 14.3. The Balaban J connectivity index is 0.000000143. The maximum atomic E-state index is 5.92. The standard InChI is InChI=1S/C11H11NS.C10H13N/c1-8-3-2-4-10-9(8)5-6-11(10)12-7-13;1-7-3-2-4-9-8(7)5-6-10(9)11/h2-4,11H,5-6H2,1H3;2-4,10H,5-6,11H2,1H3. The molecular formula is C21H24N2S. The number of hydrogen-bond acceptors (Lipinski definition) is 3. The van der Waals surface area contributed by atoms with Crippen LogP contribution in [0.15, 0.2) is 41.4 Å². The Morgan fingerprint density at radius 2 is 1.54 bits per heavy atom. The molecular weight excluding hydrogens is 312 g/mol. The van der Waals surface area contributed by atoms with E-state index in [-0.39, 0.29) is 6.04 Å². The molecule has 2 aromatic carbocycles. The van der Waals surface area contributed by atoms with E-state index in [1.54, 1.807) is 0 Å². The summed E-state index contributed by atoms with van der Waals surface area (Å²) in [6, 6.07) is 13.4. The molecule has 0 bridgehead atoms. The summed E-state index contributed by atoms with van der Waals surface area (Å²) in [5, 5.41) is 2.48. The van der Waals surface area contributed by atoms with Crippen LogP contribution in [-0.4, -0.2) is 5.16 Å². The number of rotatable bonds is 1. The van der Waals surface area contributed by atoms with Crippen molar-refractivity contribution >= 4 is 17.4 Å². The van der Waals surface area contributed by atoms with Crippen molar-refractivity contribution in [3.63, 3.8) is 0 Å². The van der Waals surface area contributed by atoms with Gasteiger partial charge in [0.15, 0.2) is 0 Å². The van der Waals surface area contributed by atoms with Gasteiger partial charge in [0, 0.05) is 6.04 Å². The fourth-order valence-corrected chi connectivity index (χ4v) is 4.01. The van der Waals surface area contributed by atoms with Crippen molar-refractivity contribution in [1.29, 1.82) is 0 Å². The van der Waals surface area contributed by atoms with Crippen LogP contribution in [0.5, 0.6) is 0 Å². The minimum Gasteiger partial charge on any atom is -0.324 e. The summed E-state index contributed by atoms with van der Waals surface area (Å²) in [7, 11) is 0. The van der Waals surface area contributed by atoms with Crippen LogP contribution in [0.2, 0.25) is 0 Å². The zero-order chi connectivity index (χ0) is 17.1. The van der Waals surface area contributed by atoms with Crippen LogP contribution in [0.3, 0.4) is 0 Å². The van der Waals surface area contributed by atoms with Gasteiger partial charge in [-0.2, -0.15) is 0 Å². The smallest absolute Gasteiger partial charge is 0.0858 e. The Hall–Kier alpha value is -1.80. The van der Waals surface area contributed by atoms with Crippen LogP contribution in [0.4, 0.5) is 0 Å². The number of benzene rings is 2. The van der Waals surface area contributed by atoms with Crippen molar-refractivity contribution in [3.05, 3.63) is 69.8 Å². The highest BCUT2D eigenvalue weighted by Gasteiger charge is 2.22. The second-order valence-corrected chi connectivity index (χ2v) is 6.89. The summed E-state index contributed by atoms with van der Waals surface area (Å²) in [4.78, 5) is 4.17. The predicted octanol–water partition coefficient (Wildman–Crippen LogP) is 5.03. The zero-order valence-electron chi connectivity index (χ0n) is 14.4. The summed E-state index contributed by atoms with van der Waals surface area (Å²) < 4.78 is 0. The second kappa shape index (κ2) is 7.40. The Kier molecular flexibility index (Phi) is 5.25. The van der Waals surface area contributed by atoms with Gasteiger partial charge >= 0.3 is 0 Å². The molecule has 0 amide bonds. The molecule has 0 aromatic heterocycles. The third-order valence-electron chi connectivity index (χ3n) is 5.23. The highest BCUT2D eigenvalue weighted by molar-refractivity contribution is 7.78. The van der Waals surface area contributed by atoms with Gasteiger partial charge in [0.1, 0.15) is 0 Å². The van der Waals surface area contributed by atoms with Gasteiger partial charge in [0.25, 0.3) is 0 Å². The van der Waals surface area contributed by atoms with Gasteiger partial charge in [-0.1, -0.05) is 36.4 Å². The molecule has 0 aliphatic heterocycles. The molecule has 0 heterocycles. The molecule has 0 saturated heterocycles. The van der Waals surface area contributed by atoms with E-state index in [1.165, 1.54) is 39.8 Å². The van der Waals surface area contributed by atoms with E-state index in [9.17, 15) is 0 Å². The molecule has 2 aliphatic rings. The fourth-order valence-electron chi connectivity index (χ4n) is 3.88. The molecule has 2 N–H and O–H groups in total. The second-order valence-electron chi connectivity index (χ2n) is 6.71. The van der Waals surface area contributed by atoms with E-state index < -0.39 is 0 Å².